The number of aliphatic hydroxyl groups is 1. The first-order valence-corrected chi connectivity index (χ1v) is 7.61. The predicted molar refractivity (Wildman–Crippen MR) is 82.5 cm³/mol. The van der Waals surface area contributed by atoms with Gasteiger partial charge in [0.1, 0.15) is 17.6 Å². The molecule has 0 bridgehead atoms. The number of hydrogen-bond donors (Lipinski definition) is 1. The molecule has 0 unspecified atom stereocenters. The number of rotatable bonds is 5. The van der Waals surface area contributed by atoms with E-state index in [1.807, 2.05) is 37.3 Å². The third kappa shape index (κ3) is 2.87. The zero-order chi connectivity index (χ0) is 15.6. The quantitative estimate of drug-likeness (QED) is 0.920. The van der Waals surface area contributed by atoms with Crippen molar-refractivity contribution in [2.45, 2.75) is 38.0 Å². The number of methoxy groups -OCH3 is 1. The molecular weight excluding hydrogens is 280 g/mol. The standard InChI is InChI=1S/C17H22N2O3/c1-17(20,13-5-7-15(21-2)8-6-13)16-4-3-10-19(16)12-14-9-11-22-18-14/h5-9,11,16,20H,3-4,10,12H2,1-2H3/t16-,17+/m1/s1. The minimum Gasteiger partial charge on any atom is -0.497 e. The van der Waals surface area contributed by atoms with Gasteiger partial charge in [0.05, 0.1) is 12.8 Å². The monoisotopic (exact) mass is 302 g/mol. The van der Waals surface area contributed by atoms with Crippen molar-refractivity contribution >= 4 is 0 Å². The largest absolute Gasteiger partial charge is 0.497 e. The lowest BCUT2D eigenvalue weighted by molar-refractivity contribution is -0.0259. The summed E-state index contributed by atoms with van der Waals surface area (Å²) in [6.45, 7) is 3.55. The Morgan fingerprint density at radius 1 is 1.36 bits per heavy atom. The number of aromatic nitrogens is 1. The smallest absolute Gasteiger partial charge is 0.124 e. The van der Waals surface area contributed by atoms with Gasteiger partial charge in [-0.1, -0.05) is 17.3 Å². The number of benzene rings is 1. The normalized spacial score (nSPS) is 21.7. The SMILES string of the molecule is COc1ccc([C@](C)(O)[C@H]2CCCN2Cc2ccon2)cc1. The van der Waals surface area contributed by atoms with Crippen molar-refractivity contribution < 1.29 is 14.4 Å². The Balaban J connectivity index is 1.79. The molecule has 1 aliphatic rings. The van der Waals surface area contributed by atoms with Crippen LogP contribution < -0.4 is 4.74 Å². The van der Waals surface area contributed by atoms with E-state index < -0.39 is 5.60 Å². The molecule has 1 aliphatic heterocycles. The van der Waals surface area contributed by atoms with Crippen LogP contribution in [0.4, 0.5) is 0 Å². The van der Waals surface area contributed by atoms with Gasteiger partial charge in [0.25, 0.3) is 0 Å². The average molecular weight is 302 g/mol. The first-order valence-electron chi connectivity index (χ1n) is 7.61. The molecule has 0 radical (unpaired) electrons. The van der Waals surface area contributed by atoms with Crippen LogP contribution in [0.25, 0.3) is 0 Å². The summed E-state index contributed by atoms with van der Waals surface area (Å²) in [4.78, 5) is 2.28. The molecule has 22 heavy (non-hydrogen) atoms. The first-order chi connectivity index (χ1) is 10.6. The van der Waals surface area contributed by atoms with Gasteiger partial charge in [-0.2, -0.15) is 0 Å². The van der Waals surface area contributed by atoms with Crippen LogP contribution >= 0.6 is 0 Å². The Labute approximate surface area is 130 Å². The number of nitrogens with zero attached hydrogens (tertiary/aromatic N) is 2. The molecule has 1 aromatic heterocycles. The lowest BCUT2D eigenvalue weighted by Gasteiger charge is -2.36. The first kappa shape index (κ1) is 15.1. The lowest BCUT2D eigenvalue weighted by Crippen LogP contribution is -2.45. The van der Waals surface area contributed by atoms with Crippen molar-refractivity contribution in [3.05, 3.63) is 47.9 Å². The summed E-state index contributed by atoms with van der Waals surface area (Å²) >= 11 is 0. The van der Waals surface area contributed by atoms with Crippen molar-refractivity contribution in [2.75, 3.05) is 13.7 Å². The molecule has 0 saturated carbocycles. The maximum atomic E-state index is 11.1. The van der Waals surface area contributed by atoms with Gasteiger partial charge in [0.2, 0.25) is 0 Å². The Bertz CT molecular complexity index is 593. The van der Waals surface area contributed by atoms with Gasteiger partial charge in [0.15, 0.2) is 0 Å². The molecular formula is C17H22N2O3. The van der Waals surface area contributed by atoms with E-state index in [2.05, 4.69) is 10.1 Å². The summed E-state index contributed by atoms with van der Waals surface area (Å²) in [6.07, 6.45) is 3.63. The second kappa shape index (κ2) is 6.10. The summed E-state index contributed by atoms with van der Waals surface area (Å²) < 4.78 is 10.1. The molecule has 0 aliphatic carbocycles. The highest BCUT2D eigenvalue weighted by Gasteiger charge is 2.40. The summed E-state index contributed by atoms with van der Waals surface area (Å²) in [5.41, 5.74) is 0.898. The van der Waals surface area contributed by atoms with Gasteiger partial charge < -0.3 is 14.4 Å². The predicted octanol–water partition coefficient (Wildman–Crippen LogP) is 2.56. The number of likely N-dealkylation sites (tertiary alicyclic amines) is 1. The zero-order valence-electron chi connectivity index (χ0n) is 13.0. The molecule has 3 rings (SSSR count). The summed E-state index contributed by atoms with van der Waals surface area (Å²) in [6, 6.07) is 9.59. The van der Waals surface area contributed by atoms with E-state index in [-0.39, 0.29) is 6.04 Å². The maximum absolute atomic E-state index is 11.1. The van der Waals surface area contributed by atoms with Crippen LogP contribution in [0.3, 0.4) is 0 Å². The second-order valence-electron chi connectivity index (χ2n) is 6.00. The van der Waals surface area contributed by atoms with Gasteiger partial charge in [0, 0.05) is 18.7 Å². The summed E-state index contributed by atoms with van der Waals surface area (Å²) in [7, 11) is 1.64. The summed E-state index contributed by atoms with van der Waals surface area (Å²) in [5, 5.41) is 15.1. The highest BCUT2D eigenvalue weighted by atomic mass is 16.5. The van der Waals surface area contributed by atoms with Crippen LogP contribution in [0.1, 0.15) is 31.0 Å². The maximum Gasteiger partial charge on any atom is 0.124 e. The van der Waals surface area contributed by atoms with E-state index in [9.17, 15) is 5.11 Å². The molecule has 2 heterocycles. The zero-order valence-corrected chi connectivity index (χ0v) is 13.0. The molecule has 1 N–H and O–H groups in total. The Morgan fingerprint density at radius 2 is 2.14 bits per heavy atom. The van der Waals surface area contributed by atoms with E-state index in [0.29, 0.717) is 6.54 Å². The topological polar surface area (TPSA) is 58.7 Å². The number of ether oxygens (including phenoxy) is 1. The van der Waals surface area contributed by atoms with Crippen molar-refractivity contribution in [1.82, 2.24) is 10.1 Å². The molecule has 2 atom stereocenters. The lowest BCUT2D eigenvalue weighted by atomic mass is 9.86. The van der Waals surface area contributed by atoms with Gasteiger partial charge in [-0.05, 0) is 44.0 Å². The highest BCUT2D eigenvalue weighted by Crippen LogP contribution is 2.35. The van der Waals surface area contributed by atoms with E-state index in [4.69, 9.17) is 9.26 Å². The van der Waals surface area contributed by atoms with Crippen LogP contribution in [0, 0.1) is 0 Å². The fourth-order valence-corrected chi connectivity index (χ4v) is 3.30. The molecule has 2 aromatic rings. The number of hydrogen-bond acceptors (Lipinski definition) is 5. The fraction of sp³-hybridized carbons (Fsp3) is 0.471. The van der Waals surface area contributed by atoms with E-state index in [0.717, 1.165) is 36.4 Å². The molecule has 5 heteroatoms. The van der Waals surface area contributed by atoms with Crippen molar-refractivity contribution in [2.24, 2.45) is 0 Å². The molecule has 118 valence electrons. The molecule has 1 fully saturated rings. The molecule has 0 amide bonds. The van der Waals surface area contributed by atoms with Crippen LogP contribution in [-0.2, 0) is 12.1 Å². The molecule has 1 saturated heterocycles. The Hall–Kier alpha value is -1.85. The van der Waals surface area contributed by atoms with Gasteiger partial charge >= 0.3 is 0 Å². The van der Waals surface area contributed by atoms with Crippen molar-refractivity contribution in [3.8, 4) is 5.75 Å². The minimum absolute atomic E-state index is 0.0672. The van der Waals surface area contributed by atoms with Crippen LogP contribution in [0.15, 0.2) is 41.1 Å². The van der Waals surface area contributed by atoms with Crippen LogP contribution in [0.5, 0.6) is 5.75 Å². The van der Waals surface area contributed by atoms with E-state index in [1.165, 1.54) is 0 Å². The van der Waals surface area contributed by atoms with Crippen LogP contribution in [-0.4, -0.2) is 34.9 Å². The Morgan fingerprint density at radius 3 is 2.77 bits per heavy atom. The Kier molecular flexibility index (Phi) is 4.18. The minimum atomic E-state index is -0.910. The molecule has 5 nitrogen and oxygen atoms in total. The van der Waals surface area contributed by atoms with Gasteiger partial charge in [-0.15, -0.1) is 0 Å². The van der Waals surface area contributed by atoms with E-state index >= 15 is 0 Å². The molecule has 0 spiro atoms. The fourth-order valence-electron chi connectivity index (χ4n) is 3.30. The molecule has 1 aromatic carbocycles. The van der Waals surface area contributed by atoms with Crippen LogP contribution in [0.2, 0.25) is 0 Å². The third-order valence-corrected chi connectivity index (χ3v) is 4.54. The highest BCUT2D eigenvalue weighted by molar-refractivity contribution is 5.31. The van der Waals surface area contributed by atoms with Crippen molar-refractivity contribution in [3.63, 3.8) is 0 Å². The third-order valence-electron chi connectivity index (χ3n) is 4.54. The average Bonchev–Trinajstić information content (AvgIpc) is 3.20. The second-order valence-corrected chi connectivity index (χ2v) is 6.00. The summed E-state index contributed by atoms with van der Waals surface area (Å²) in [5.74, 6) is 0.797. The van der Waals surface area contributed by atoms with Gasteiger partial charge in [-0.25, -0.2) is 0 Å². The van der Waals surface area contributed by atoms with Gasteiger partial charge in [-0.3, -0.25) is 4.90 Å². The van der Waals surface area contributed by atoms with E-state index in [1.54, 1.807) is 13.4 Å². The van der Waals surface area contributed by atoms with Crippen molar-refractivity contribution in [1.29, 1.82) is 0 Å².